The van der Waals surface area contributed by atoms with Crippen LogP contribution < -0.4 is 0 Å². The van der Waals surface area contributed by atoms with Gasteiger partial charge in [0.15, 0.2) is 0 Å². The van der Waals surface area contributed by atoms with Crippen molar-refractivity contribution >= 4 is 0 Å². The van der Waals surface area contributed by atoms with Crippen molar-refractivity contribution in [2.75, 3.05) is 0 Å². The summed E-state index contributed by atoms with van der Waals surface area (Å²) in [5, 5.41) is 0. The Bertz CT molecular complexity index is 270. The second-order valence-electron chi connectivity index (χ2n) is 4.07. The minimum absolute atomic E-state index is 1.27. The summed E-state index contributed by atoms with van der Waals surface area (Å²) in [6, 6.07) is 0. The van der Waals surface area contributed by atoms with Crippen molar-refractivity contribution in [3.8, 4) is 0 Å². The molecule has 0 bridgehead atoms. The molecule has 0 amide bonds. The molecule has 14 heavy (non-hydrogen) atoms. The summed E-state index contributed by atoms with van der Waals surface area (Å²) < 4.78 is 0. The fraction of sp³-hybridized carbons (Fsp3) is 0.429. The molecule has 0 unspecified atom stereocenters. The van der Waals surface area contributed by atoms with Gasteiger partial charge in [0, 0.05) is 0 Å². The lowest BCUT2D eigenvalue weighted by Gasteiger charge is -2.14. The van der Waals surface area contributed by atoms with Gasteiger partial charge < -0.3 is 0 Å². The van der Waals surface area contributed by atoms with Gasteiger partial charge in [0.2, 0.25) is 0 Å². The first-order chi connectivity index (χ1) is 6.97. The van der Waals surface area contributed by atoms with Crippen LogP contribution in [0.2, 0.25) is 0 Å². The topological polar surface area (TPSA) is 0 Å². The molecule has 0 fully saturated rings. The van der Waals surface area contributed by atoms with Crippen molar-refractivity contribution in [2.45, 2.75) is 38.5 Å². The second-order valence-corrected chi connectivity index (χ2v) is 4.07. The minimum Gasteiger partial charge on any atom is -0.0623 e. The molecule has 0 aromatic heterocycles. The molecule has 0 aromatic rings. The number of hydrogen-bond donors (Lipinski definition) is 0. The fourth-order valence-electron chi connectivity index (χ4n) is 2.16. The lowest BCUT2D eigenvalue weighted by Crippen LogP contribution is -1.94. The van der Waals surface area contributed by atoms with Gasteiger partial charge in [-0.1, -0.05) is 49.3 Å². The van der Waals surface area contributed by atoms with Crippen LogP contribution in [-0.4, -0.2) is 0 Å². The van der Waals surface area contributed by atoms with Crippen LogP contribution in [0.4, 0.5) is 0 Å². The van der Waals surface area contributed by atoms with Crippen molar-refractivity contribution in [1.29, 1.82) is 0 Å². The van der Waals surface area contributed by atoms with Crippen LogP contribution in [0.5, 0.6) is 0 Å². The lowest BCUT2D eigenvalue weighted by molar-refractivity contribution is 0.621. The highest BCUT2D eigenvalue weighted by Crippen LogP contribution is 2.25. The molecule has 2 rings (SSSR count). The molecule has 0 saturated heterocycles. The van der Waals surface area contributed by atoms with Gasteiger partial charge in [-0.15, -0.1) is 0 Å². The smallest absolute Gasteiger partial charge is 0.0276 e. The average Bonchev–Trinajstić information content (AvgIpc) is 2.13. The van der Waals surface area contributed by atoms with E-state index in [0.717, 1.165) is 0 Å². The molecule has 0 nitrogen and oxygen atoms in total. The Morgan fingerprint density at radius 2 is 1.07 bits per heavy atom. The maximum Gasteiger partial charge on any atom is -0.0276 e. The Labute approximate surface area is 86.7 Å². The maximum absolute atomic E-state index is 2.29. The highest BCUT2D eigenvalue weighted by Gasteiger charge is 2.06. The van der Waals surface area contributed by atoms with Gasteiger partial charge in [0.25, 0.3) is 0 Å². The number of hydrogen-bond acceptors (Lipinski definition) is 0. The molecule has 0 saturated carbocycles. The molecular formula is C14H18. The van der Waals surface area contributed by atoms with Crippen molar-refractivity contribution < 1.29 is 0 Å². The van der Waals surface area contributed by atoms with Gasteiger partial charge in [0.1, 0.15) is 0 Å². The molecular weight excluding hydrogens is 168 g/mol. The zero-order chi connectivity index (χ0) is 9.64. The average molecular weight is 186 g/mol. The summed E-state index contributed by atoms with van der Waals surface area (Å²) >= 11 is 0. The van der Waals surface area contributed by atoms with Gasteiger partial charge >= 0.3 is 0 Å². The summed E-state index contributed by atoms with van der Waals surface area (Å²) in [4.78, 5) is 0. The Balaban J connectivity index is 2.23. The van der Waals surface area contributed by atoms with Crippen LogP contribution in [0.1, 0.15) is 38.5 Å². The number of rotatable bonds is 0. The zero-order valence-electron chi connectivity index (χ0n) is 8.71. The third-order valence-electron chi connectivity index (χ3n) is 2.98. The largest absolute Gasteiger partial charge is 0.0623 e. The van der Waals surface area contributed by atoms with E-state index in [1.54, 1.807) is 11.1 Å². The van der Waals surface area contributed by atoms with E-state index in [1.165, 1.54) is 38.5 Å². The van der Waals surface area contributed by atoms with E-state index in [2.05, 4.69) is 36.5 Å². The lowest BCUT2D eigenvalue weighted by atomic mass is 9.92. The van der Waals surface area contributed by atoms with E-state index in [0.29, 0.717) is 0 Å². The molecule has 0 heteroatoms. The zero-order valence-corrected chi connectivity index (χ0v) is 8.71. The third kappa shape index (κ3) is 2.47. The molecule has 0 aromatic carbocycles. The van der Waals surface area contributed by atoms with Gasteiger partial charge in [-0.05, 0) is 36.8 Å². The Morgan fingerprint density at radius 1 is 0.571 bits per heavy atom. The Hall–Kier alpha value is -1.04. The van der Waals surface area contributed by atoms with E-state index in [4.69, 9.17) is 0 Å². The Morgan fingerprint density at radius 3 is 1.57 bits per heavy atom. The van der Waals surface area contributed by atoms with Crippen LogP contribution in [0.3, 0.4) is 0 Å². The van der Waals surface area contributed by atoms with Gasteiger partial charge in [-0.25, -0.2) is 0 Å². The first kappa shape index (κ1) is 9.51. The number of allylic oxidation sites excluding steroid dienone is 8. The molecule has 0 N–H and O–H groups in total. The van der Waals surface area contributed by atoms with Crippen molar-refractivity contribution in [2.24, 2.45) is 0 Å². The van der Waals surface area contributed by atoms with Crippen LogP contribution in [0.15, 0.2) is 47.6 Å². The summed E-state index contributed by atoms with van der Waals surface area (Å²) in [5.41, 5.74) is 3.12. The first-order valence-corrected chi connectivity index (χ1v) is 5.70. The standard InChI is InChI=1S/C14H18/c1-2-6-10-14-12-8-4-3-7-11-13(14)9-5-1/h1-2,5-6,9-10H,3-4,7-8,11-12H2/b2-1-,5-1?,6-2?,9-5-,10-6-,13-9?,14-10?,14-13-. The van der Waals surface area contributed by atoms with Crippen LogP contribution >= 0.6 is 0 Å². The van der Waals surface area contributed by atoms with Crippen molar-refractivity contribution in [3.05, 3.63) is 47.6 Å². The van der Waals surface area contributed by atoms with Crippen LogP contribution in [0, 0.1) is 0 Å². The minimum atomic E-state index is 1.27. The highest BCUT2D eigenvalue weighted by molar-refractivity contribution is 5.38. The Kier molecular flexibility index (Phi) is 3.39. The van der Waals surface area contributed by atoms with Crippen molar-refractivity contribution in [1.82, 2.24) is 0 Å². The van der Waals surface area contributed by atoms with E-state index in [1.807, 2.05) is 0 Å². The second kappa shape index (κ2) is 4.99. The molecule has 74 valence electrons. The molecule has 0 spiro atoms. The fourth-order valence-corrected chi connectivity index (χ4v) is 2.16. The third-order valence-corrected chi connectivity index (χ3v) is 2.98. The summed E-state index contributed by atoms with van der Waals surface area (Å²) in [7, 11) is 0. The van der Waals surface area contributed by atoms with Crippen molar-refractivity contribution in [3.63, 3.8) is 0 Å². The molecule has 0 aliphatic heterocycles. The molecule has 0 heterocycles. The normalized spacial score (nSPS) is 34.3. The summed E-state index contributed by atoms with van der Waals surface area (Å²) in [5.74, 6) is 0. The van der Waals surface area contributed by atoms with Gasteiger partial charge in [0.05, 0.1) is 0 Å². The summed E-state index contributed by atoms with van der Waals surface area (Å²) in [6.07, 6.45) is 21.2. The van der Waals surface area contributed by atoms with Crippen LogP contribution in [0.25, 0.3) is 0 Å². The molecule has 2 aliphatic rings. The van der Waals surface area contributed by atoms with E-state index < -0.39 is 0 Å². The molecule has 2 aliphatic carbocycles. The molecule has 0 radical (unpaired) electrons. The van der Waals surface area contributed by atoms with Gasteiger partial charge in [-0.3, -0.25) is 0 Å². The van der Waals surface area contributed by atoms with Crippen LogP contribution in [-0.2, 0) is 0 Å². The predicted octanol–water partition coefficient (Wildman–Crippen LogP) is 4.32. The van der Waals surface area contributed by atoms with E-state index in [-0.39, 0.29) is 0 Å². The van der Waals surface area contributed by atoms with E-state index >= 15 is 0 Å². The quantitative estimate of drug-likeness (QED) is 0.528. The monoisotopic (exact) mass is 186 g/mol. The first-order valence-electron chi connectivity index (χ1n) is 5.70. The SMILES string of the molecule is C1=C\C=C/C2=C(\C=C/1)CCCCCC2. The predicted molar refractivity (Wildman–Crippen MR) is 62.1 cm³/mol. The maximum atomic E-state index is 2.29. The molecule has 0 atom stereocenters. The van der Waals surface area contributed by atoms with Gasteiger partial charge in [-0.2, -0.15) is 0 Å². The summed E-state index contributed by atoms with van der Waals surface area (Å²) in [6.45, 7) is 0. The highest BCUT2D eigenvalue weighted by atomic mass is 14.1. The van der Waals surface area contributed by atoms with E-state index in [9.17, 15) is 0 Å².